The Kier molecular flexibility index (Phi) is 3.29. The van der Waals surface area contributed by atoms with Gasteiger partial charge in [-0.05, 0) is 29.3 Å². The average molecular weight is 269 g/mol. The zero-order chi connectivity index (χ0) is 13.9. The van der Waals surface area contributed by atoms with Crippen molar-refractivity contribution in [3.8, 4) is 5.75 Å². The summed E-state index contributed by atoms with van der Waals surface area (Å²) in [5.41, 5.74) is 3.26. The van der Waals surface area contributed by atoms with Gasteiger partial charge in [0.15, 0.2) is 0 Å². The molecule has 0 atom stereocenters. The molecule has 2 N–H and O–H groups in total. The number of aromatic carboxylic acids is 1. The lowest BCUT2D eigenvalue weighted by molar-refractivity contribution is 0.0698. The van der Waals surface area contributed by atoms with E-state index >= 15 is 0 Å². The Morgan fingerprint density at radius 2 is 2.10 bits per heavy atom. The van der Waals surface area contributed by atoms with Gasteiger partial charge >= 0.3 is 5.97 Å². The van der Waals surface area contributed by atoms with Crippen molar-refractivity contribution in [1.82, 2.24) is 0 Å². The lowest BCUT2D eigenvalue weighted by atomic mass is 10.1. The maximum Gasteiger partial charge on any atom is 0.337 e. The number of carboxylic acid groups (broad SMARTS) is 1. The fourth-order valence-corrected chi connectivity index (χ4v) is 2.37. The molecule has 0 saturated carbocycles. The first-order chi connectivity index (χ1) is 9.74. The molecule has 0 aromatic heterocycles. The molecule has 1 heterocycles. The fraction of sp³-hybridized carbons (Fsp3) is 0.188. The molecule has 4 nitrogen and oxygen atoms in total. The van der Waals surface area contributed by atoms with Gasteiger partial charge in [-0.25, -0.2) is 4.79 Å². The molecule has 2 aromatic rings. The van der Waals surface area contributed by atoms with Crippen LogP contribution in [0.5, 0.6) is 5.75 Å². The van der Waals surface area contributed by atoms with Crippen LogP contribution in [0.1, 0.15) is 21.5 Å². The Morgan fingerprint density at radius 3 is 2.95 bits per heavy atom. The van der Waals surface area contributed by atoms with E-state index in [-0.39, 0.29) is 5.56 Å². The van der Waals surface area contributed by atoms with Crippen LogP contribution in [-0.2, 0) is 13.0 Å². The van der Waals surface area contributed by atoms with E-state index in [0.717, 1.165) is 24.3 Å². The number of hydrogen-bond donors (Lipinski definition) is 2. The smallest absolute Gasteiger partial charge is 0.337 e. The summed E-state index contributed by atoms with van der Waals surface area (Å²) < 4.78 is 5.47. The maximum absolute atomic E-state index is 11.1. The topological polar surface area (TPSA) is 58.6 Å². The second-order valence-corrected chi connectivity index (χ2v) is 4.74. The highest BCUT2D eigenvalue weighted by atomic mass is 16.5. The normalized spacial score (nSPS) is 12.6. The van der Waals surface area contributed by atoms with Gasteiger partial charge in [0.25, 0.3) is 0 Å². The van der Waals surface area contributed by atoms with E-state index in [0.29, 0.717) is 12.2 Å². The number of carbonyl (C=O) groups is 1. The molecule has 4 heteroatoms. The van der Waals surface area contributed by atoms with Crippen molar-refractivity contribution < 1.29 is 14.6 Å². The highest BCUT2D eigenvalue weighted by molar-refractivity contribution is 5.94. The van der Waals surface area contributed by atoms with E-state index in [4.69, 9.17) is 9.84 Å². The summed E-state index contributed by atoms with van der Waals surface area (Å²) >= 11 is 0. The van der Waals surface area contributed by atoms with Gasteiger partial charge in [-0.15, -0.1) is 0 Å². The van der Waals surface area contributed by atoms with Crippen LogP contribution in [0.4, 0.5) is 5.69 Å². The van der Waals surface area contributed by atoms with Gasteiger partial charge in [-0.2, -0.15) is 0 Å². The van der Waals surface area contributed by atoms with Crippen molar-refractivity contribution >= 4 is 11.7 Å². The number of fused-ring (bicyclic) bond motifs is 1. The van der Waals surface area contributed by atoms with Crippen LogP contribution in [0, 0.1) is 0 Å². The molecule has 20 heavy (non-hydrogen) atoms. The van der Waals surface area contributed by atoms with E-state index in [1.54, 1.807) is 18.2 Å². The van der Waals surface area contributed by atoms with Crippen molar-refractivity contribution in [1.29, 1.82) is 0 Å². The van der Waals surface area contributed by atoms with Gasteiger partial charge in [-0.3, -0.25) is 0 Å². The SMILES string of the molecule is O=C(O)c1ccccc1NCc1ccc2c(c1)CCO2. The van der Waals surface area contributed by atoms with Crippen LogP contribution >= 0.6 is 0 Å². The van der Waals surface area contributed by atoms with Crippen molar-refractivity contribution in [2.24, 2.45) is 0 Å². The molecule has 0 saturated heterocycles. The van der Waals surface area contributed by atoms with Crippen LogP contribution in [0.15, 0.2) is 42.5 Å². The zero-order valence-corrected chi connectivity index (χ0v) is 10.9. The summed E-state index contributed by atoms with van der Waals surface area (Å²) in [7, 11) is 0. The predicted octanol–water partition coefficient (Wildman–Crippen LogP) is 2.93. The zero-order valence-electron chi connectivity index (χ0n) is 10.9. The molecule has 0 radical (unpaired) electrons. The van der Waals surface area contributed by atoms with E-state index in [1.165, 1.54) is 5.56 Å². The summed E-state index contributed by atoms with van der Waals surface area (Å²) in [6, 6.07) is 13.0. The van der Waals surface area contributed by atoms with Gasteiger partial charge in [-0.1, -0.05) is 24.3 Å². The molecule has 1 aliphatic heterocycles. The van der Waals surface area contributed by atoms with E-state index in [9.17, 15) is 4.79 Å². The number of rotatable bonds is 4. The van der Waals surface area contributed by atoms with Crippen molar-refractivity contribution in [3.63, 3.8) is 0 Å². The summed E-state index contributed by atoms with van der Waals surface area (Å²) in [5.74, 6) is 0.0372. The van der Waals surface area contributed by atoms with E-state index < -0.39 is 5.97 Å². The third-order valence-electron chi connectivity index (χ3n) is 3.39. The van der Waals surface area contributed by atoms with Gasteiger partial charge in [0.1, 0.15) is 5.75 Å². The minimum Gasteiger partial charge on any atom is -0.493 e. The van der Waals surface area contributed by atoms with Crippen molar-refractivity contribution in [2.75, 3.05) is 11.9 Å². The molecule has 0 aliphatic carbocycles. The average Bonchev–Trinajstić information content (AvgIpc) is 2.92. The van der Waals surface area contributed by atoms with Crippen LogP contribution in [0.3, 0.4) is 0 Å². The van der Waals surface area contributed by atoms with Gasteiger partial charge < -0.3 is 15.2 Å². The summed E-state index contributed by atoms with van der Waals surface area (Å²) in [6.45, 7) is 1.34. The van der Waals surface area contributed by atoms with Crippen molar-refractivity contribution in [3.05, 3.63) is 59.2 Å². The quantitative estimate of drug-likeness (QED) is 0.896. The predicted molar refractivity (Wildman–Crippen MR) is 76.4 cm³/mol. The minimum absolute atomic E-state index is 0.289. The molecule has 0 spiro atoms. The Balaban J connectivity index is 1.75. The molecule has 2 aromatic carbocycles. The number of anilines is 1. The molecule has 0 unspecified atom stereocenters. The minimum atomic E-state index is -0.921. The monoisotopic (exact) mass is 269 g/mol. The van der Waals surface area contributed by atoms with Gasteiger partial charge in [0, 0.05) is 18.7 Å². The first-order valence-electron chi connectivity index (χ1n) is 6.55. The molecule has 0 bridgehead atoms. The van der Waals surface area contributed by atoms with Gasteiger partial charge in [0.2, 0.25) is 0 Å². The first-order valence-corrected chi connectivity index (χ1v) is 6.55. The van der Waals surface area contributed by atoms with Crippen LogP contribution in [-0.4, -0.2) is 17.7 Å². The standard InChI is InChI=1S/C16H15NO3/c18-16(19)13-3-1-2-4-14(13)17-10-11-5-6-15-12(9-11)7-8-20-15/h1-6,9,17H,7-8,10H2,(H,18,19). The number of carboxylic acids is 1. The third kappa shape index (κ3) is 2.45. The first kappa shape index (κ1) is 12.5. The molecule has 1 aliphatic rings. The number of ether oxygens (including phenoxy) is 1. The Morgan fingerprint density at radius 1 is 1.25 bits per heavy atom. The molecule has 102 valence electrons. The highest BCUT2D eigenvalue weighted by Crippen LogP contribution is 2.26. The van der Waals surface area contributed by atoms with Crippen molar-refractivity contribution in [2.45, 2.75) is 13.0 Å². The second kappa shape index (κ2) is 5.25. The lowest BCUT2D eigenvalue weighted by Gasteiger charge is -2.10. The second-order valence-electron chi connectivity index (χ2n) is 4.74. The van der Waals surface area contributed by atoms with E-state index in [2.05, 4.69) is 11.4 Å². The van der Waals surface area contributed by atoms with E-state index in [1.807, 2.05) is 18.2 Å². The molecular formula is C16H15NO3. The van der Waals surface area contributed by atoms with Crippen LogP contribution < -0.4 is 10.1 Å². The largest absolute Gasteiger partial charge is 0.493 e. The number of para-hydroxylation sites is 1. The van der Waals surface area contributed by atoms with Crippen LogP contribution in [0.25, 0.3) is 0 Å². The third-order valence-corrected chi connectivity index (χ3v) is 3.39. The number of nitrogens with one attached hydrogen (secondary N) is 1. The number of benzene rings is 2. The van der Waals surface area contributed by atoms with Gasteiger partial charge in [0.05, 0.1) is 12.2 Å². The Bertz CT molecular complexity index is 652. The fourth-order valence-electron chi connectivity index (χ4n) is 2.37. The van der Waals surface area contributed by atoms with Crippen LogP contribution in [0.2, 0.25) is 0 Å². The Labute approximate surface area is 117 Å². The molecule has 0 amide bonds. The molecule has 0 fully saturated rings. The summed E-state index contributed by atoms with van der Waals surface area (Å²) in [6.07, 6.45) is 0.939. The summed E-state index contributed by atoms with van der Waals surface area (Å²) in [4.78, 5) is 11.1. The molecular weight excluding hydrogens is 254 g/mol. The Hall–Kier alpha value is -2.49. The lowest BCUT2D eigenvalue weighted by Crippen LogP contribution is -2.06. The summed E-state index contributed by atoms with van der Waals surface area (Å²) in [5, 5.41) is 12.3. The molecule has 3 rings (SSSR count). The highest BCUT2D eigenvalue weighted by Gasteiger charge is 2.12. The number of hydrogen-bond acceptors (Lipinski definition) is 3. The maximum atomic E-state index is 11.1.